The lowest BCUT2D eigenvalue weighted by Crippen LogP contribution is -2.45. The second-order valence-corrected chi connectivity index (χ2v) is 7.30. The SMILES string of the molecule is CC1CN(c2ccc(NC(=O)c3cccc(-n4cccc4)c3)cc2)CC(C)O1. The van der Waals surface area contributed by atoms with E-state index in [2.05, 4.69) is 36.2 Å². The van der Waals surface area contributed by atoms with Gasteiger partial charge in [-0.3, -0.25) is 4.79 Å². The minimum Gasteiger partial charge on any atom is -0.372 e. The molecule has 144 valence electrons. The largest absolute Gasteiger partial charge is 0.372 e. The van der Waals surface area contributed by atoms with Crippen molar-refractivity contribution in [2.45, 2.75) is 26.1 Å². The van der Waals surface area contributed by atoms with E-state index in [9.17, 15) is 4.79 Å². The quantitative estimate of drug-likeness (QED) is 0.738. The monoisotopic (exact) mass is 375 g/mol. The molecule has 3 aromatic rings. The van der Waals surface area contributed by atoms with E-state index in [4.69, 9.17) is 4.74 Å². The molecule has 0 radical (unpaired) electrons. The van der Waals surface area contributed by atoms with Gasteiger partial charge in [0.05, 0.1) is 12.2 Å². The smallest absolute Gasteiger partial charge is 0.255 e. The molecule has 1 aliphatic heterocycles. The molecule has 1 aliphatic rings. The molecule has 0 spiro atoms. The van der Waals surface area contributed by atoms with Crippen LogP contribution in [0, 0.1) is 0 Å². The number of aromatic nitrogens is 1. The van der Waals surface area contributed by atoms with Gasteiger partial charge in [-0.15, -0.1) is 0 Å². The summed E-state index contributed by atoms with van der Waals surface area (Å²) in [7, 11) is 0. The number of anilines is 2. The molecule has 2 atom stereocenters. The fourth-order valence-corrected chi connectivity index (χ4v) is 3.66. The van der Waals surface area contributed by atoms with E-state index in [0.717, 1.165) is 30.2 Å². The molecule has 1 fully saturated rings. The molecule has 1 amide bonds. The highest BCUT2D eigenvalue weighted by Crippen LogP contribution is 2.23. The maximum atomic E-state index is 12.7. The first-order valence-electron chi connectivity index (χ1n) is 9.64. The molecule has 5 nitrogen and oxygen atoms in total. The molecule has 1 aromatic heterocycles. The lowest BCUT2D eigenvalue weighted by molar-refractivity contribution is -0.00521. The zero-order valence-corrected chi connectivity index (χ0v) is 16.2. The fraction of sp³-hybridized carbons (Fsp3) is 0.261. The Hall–Kier alpha value is -3.05. The maximum absolute atomic E-state index is 12.7. The average Bonchev–Trinajstić information content (AvgIpc) is 3.23. The highest BCUT2D eigenvalue weighted by Gasteiger charge is 2.22. The van der Waals surface area contributed by atoms with E-state index in [1.165, 1.54) is 0 Å². The number of hydrogen-bond acceptors (Lipinski definition) is 3. The van der Waals surface area contributed by atoms with Gasteiger partial charge >= 0.3 is 0 Å². The third-order valence-electron chi connectivity index (χ3n) is 4.92. The van der Waals surface area contributed by atoms with Gasteiger partial charge in [0.25, 0.3) is 5.91 Å². The first-order chi connectivity index (χ1) is 13.6. The molecule has 2 heterocycles. The van der Waals surface area contributed by atoms with Crippen LogP contribution < -0.4 is 10.2 Å². The number of ether oxygens (including phenoxy) is 1. The molecular weight excluding hydrogens is 350 g/mol. The summed E-state index contributed by atoms with van der Waals surface area (Å²) < 4.78 is 7.78. The van der Waals surface area contributed by atoms with Crippen LogP contribution in [-0.2, 0) is 4.74 Å². The van der Waals surface area contributed by atoms with Crippen LogP contribution in [0.5, 0.6) is 0 Å². The molecule has 5 heteroatoms. The Morgan fingerprint density at radius 1 is 0.929 bits per heavy atom. The zero-order chi connectivity index (χ0) is 19.5. The van der Waals surface area contributed by atoms with E-state index < -0.39 is 0 Å². The Labute approximate surface area is 165 Å². The minimum absolute atomic E-state index is 0.115. The van der Waals surface area contributed by atoms with Crippen LogP contribution in [0.1, 0.15) is 24.2 Å². The van der Waals surface area contributed by atoms with E-state index in [0.29, 0.717) is 5.56 Å². The number of carbonyl (C=O) groups excluding carboxylic acids is 1. The summed E-state index contributed by atoms with van der Waals surface area (Å²) in [4.78, 5) is 15.0. The van der Waals surface area contributed by atoms with Crippen molar-refractivity contribution in [3.05, 3.63) is 78.6 Å². The molecule has 2 unspecified atom stereocenters. The lowest BCUT2D eigenvalue weighted by atomic mass is 10.1. The summed E-state index contributed by atoms with van der Waals surface area (Å²) >= 11 is 0. The Morgan fingerprint density at radius 3 is 2.29 bits per heavy atom. The molecule has 4 rings (SSSR count). The lowest BCUT2D eigenvalue weighted by Gasteiger charge is -2.36. The zero-order valence-electron chi connectivity index (χ0n) is 16.2. The van der Waals surface area contributed by atoms with Crippen molar-refractivity contribution in [1.29, 1.82) is 0 Å². The molecule has 0 saturated carbocycles. The van der Waals surface area contributed by atoms with Crippen LogP contribution in [0.3, 0.4) is 0 Å². The first kappa shape index (κ1) is 18.3. The second kappa shape index (κ2) is 7.90. The van der Waals surface area contributed by atoms with Crippen LogP contribution >= 0.6 is 0 Å². The molecule has 1 N–H and O–H groups in total. The van der Waals surface area contributed by atoms with Gasteiger partial charge in [-0.25, -0.2) is 0 Å². The number of benzene rings is 2. The Bertz CT molecular complexity index is 925. The number of morpholine rings is 1. The number of rotatable bonds is 4. The topological polar surface area (TPSA) is 46.5 Å². The molecule has 0 bridgehead atoms. The van der Waals surface area contributed by atoms with Crippen molar-refractivity contribution >= 4 is 17.3 Å². The standard InChI is InChI=1S/C23H25N3O2/c1-17-15-26(16-18(2)28-17)21-10-8-20(9-11-21)24-23(27)19-6-5-7-22(14-19)25-12-3-4-13-25/h3-14,17-18H,15-16H2,1-2H3,(H,24,27). The van der Waals surface area contributed by atoms with Crippen LogP contribution in [-0.4, -0.2) is 35.8 Å². The molecular formula is C23H25N3O2. The first-order valence-corrected chi connectivity index (χ1v) is 9.64. The van der Waals surface area contributed by atoms with Crippen molar-refractivity contribution in [2.24, 2.45) is 0 Å². The van der Waals surface area contributed by atoms with Crippen LogP contribution in [0.15, 0.2) is 73.1 Å². The number of amides is 1. The molecule has 0 aliphatic carbocycles. The van der Waals surface area contributed by atoms with Gasteiger partial charge in [0.15, 0.2) is 0 Å². The average molecular weight is 375 g/mol. The third-order valence-corrected chi connectivity index (χ3v) is 4.92. The van der Waals surface area contributed by atoms with Crippen LogP contribution in [0.2, 0.25) is 0 Å². The summed E-state index contributed by atoms with van der Waals surface area (Å²) in [5.41, 5.74) is 3.53. The van der Waals surface area contributed by atoms with Crippen LogP contribution in [0.25, 0.3) is 5.69 Å². The van der Waals surface area contributed by atoms with Crippen molar-refractivity contribution < 1.29 is 9.53 Å². The highest BCUT2D eigenvalue weighted by molar-refractivity contribution is 6.04. The van der Waals surface area contributed by atoms with E-state index in [1.54, 1.807) is 0 Å². The van der Waals surface area contributed by atoms with E-state index >= 15 is 0 Å². The number of hydrogen-bond donors (Lipinski definition) is 1. The highest BCUT2D eigenvalue weighted by atomic mass is 16.5. The van der Waals surface area contributed by atoms with Crippen molar-refractivity contribution in [1.82, 2.24) is 4.57 Å². The van der Waals surface area contributed by atoms with Gasteiger partial charge < -0.3 is 19.5 Å². The minimum atomic E-state index is -0.115. The molecule has 28 heavy (non-hydrogen) atoms. The summed E-state index contributed by atoms with van der Waals surface area (Å²) in [5, 5.41) is 2.99. The Balaban J connectivity index is 1.44. The van der Waals surface area contributed by atoms with Gasteiger partial charge in [0.1, 0.15) is 0 Å². The predicted octanol–water partition coefficient (Wildman–Crippen LogP) is 4.34. The molecule has 1 saturated heterocycles. The normalized spacial score (nSPS) is 19.4. The van der Waals surface area contributed by atoms with Gasteiger partial charge in [-0.1, -0.05) is 6.07 Å². The van der Waals surface area contributed by atoms with E-state index in [-0.39, 0.29) is 18.1 Å². The van der Waals surface area contributed by atoms with Gasteiger partial charge in [0.2, 0.25) is 0 Å². The summed E-state index contributed by atoms with van der Waals surface area (Å²) in [5.74, 6) is -0.115. The van der Waals surface area contributed by atoms with Gasteiger partial charge in [-0.2, -0.15) is 0 Å². The van der Waals surface area contributed by atoms with Crippen molar-refractivity contribution in [2.75, 3.05) is 23.3 Å². The Kier molecular flexibility index (Phi) is 5.17. The number of nitrogens with one attached hydrogen (secondary N) is 1. The number of nitrogens with zero attached hydrogens (tertiary/aromatic N) is 2. The third kappa shape index (κ3) is 4.10. The van der Waals surface area contributed by atoms with Crippen LogP contribution in [0.4, 0.5) is 11.4 Å². The predicted molar refractivity (Wildman–Crippen MR) is 112 cm³/mol. The van der Waals surface area contributed by atoms with E-state index in [1.807, 2.05) is 65.5 Å². The summed E-state index contributed by atoms with van der Waals surface area (Å²) in [6, 6.07) is 19.5. The van der Waals surface area contributed by atoms with Crippen molar-refractivity contribution in [3.63, 3.8) is 0 Å². The summed E-state index contributed by atoms with van der Waals surface area (Å²) in [6.45, 7) is 5.95. The van der Waals surface area contributed by atoms with Gasteiger partial charge in [0, 0.05) is 48.1 Å². The van der Waals surface area contributed by atoms with Crippen molar-refractivity contribution in [3.8, 4) is 5.69 Å². The Morgan fingerprint density at radius 2 is 1.61 bits per heavy atom. The summed E-state index contributed by atoms with van der Waals surface area (Å²) in [6.07, 6.45) is 4.36. The van der Waals surface area contributed by atoms with Gasteiger partial charge in [-0.05, 0) is 68.4 Å². The fourth-order valence-electron chi connectivity index (χ4n) is 3.66. The maximum Gasteiger partial charge on any atom is 0.255 e. The number of carbonyl (C=O) groups is 1. The second-order valence-electron chi connectivity index (χ2n) is 7.30. The molecule has 2 aromatic carbocycles.